The third kappa shape index (κ3) is 10.3. The molecule has 0 aliphatic carbocycles. The van der Waals surface area contributed by atoms with E-state index in [1.54, 1.807) is 0 Å². The van der Waals surface area contributed by atoms with E-state index in [0.29, 0.717) is 18.2 Å². The van der Waals surface area contributed by atoms with E-state index in [1.165, 1.54) is 6.92 Å². The first kappa shape index (κ1) is 45.5. The van der Waals surface area contributed by atoms with Crippen molar-refractivity contribution < 1.29 is 158 Å². The smallest absolute Gasteiger partial charge is 0.872 e. The van der Waals surface area contributed by atoms with Crippen molar-refractivity contribution in [3.8, 4) is 40.1 Å². The minimum atomic E-state index is -5.42. The van der Waals surface area contributed by atoms with E-state index in [9.17, 15) is 67.0 Å². The maximum atomic E-state index is 13.7. The Kier molecular flexibility index (Phi) is 15.0. The second-order valence-electron chi connectivity index (χ2n) is 11.2. The molecule has 0 amide bonds. The normalized spacial score (nSPS) is 29.1. The Labute approximate surface area is 342 Å². The second-order valence-corrected chi connectivity index (χ2v) is 13.3. The maximum Gasteiger partial charge on any atom is 1.00 e. The summed E-state index contributed by atoms with van der Waals surface area (Å²) in [6.45, 7) is 0.612. The largest absolute Gasteiger partial charge is 1.00 e. The van der Waals surface area contributed by atoms with Crippen LogP contribution in [0.25, 0.3) is 22.3 Å². The van der Waals surface area contributed by atoms with Crippen LogP contribution in [0.1, 0.15) is 6.92 Å². The maximum absolute atomic E-state index is 13.7. The van der Waals surface area contributed by atoms with E-state index in [0.717, 1.165) is 12.1 Å². The molecule has 1 aromatic heterocycles. The summed E-state index contributed by atoms with van der Waals surface area (Å²) in [5, 5.41) is 86.1. The van der Waals surface area contributed by atoms with Crippen LogP contribution in [0.3, 0.4) is 0 Å². The Morgan fingerprint density at radius 1 is 0.755 bits per heavy atom. The Hall–Kier alpha value is -1.89. The van der Waals surface area contributed by atoms with E-state index in [4.69, 9.17) is 27.9 Å². The van der Waals surface area contributed by atoms with Gasteiger partial charge in [-0.1, -0.05) is 11.8 Å². The van der Waals surface area contributed by atoms with Crippen molar-refractivity contribution in [3.63, 3.8) is 0 Å². The number of rotatable bonds is 10. The van der Waals surface area contributed by atoms with Gasteiger partial charge in [-0.05, 0) is 31.2 Å². The molecule has 282 valence electrons. The molecule has 0 bridgehead atoms. The summed E-state index contributed by atoms with van der Waals surface area (Å²) in [5.74, 6) is -6.05. The monoisotopic (exact) mass is 814 g/mol. The molecule has 2 saturated heterocycles. The fraction of sp³-hybridized carbons (Fsp3) is 0.444. The van der Waals surface area contributed by atoms with Gasteiger partial charge in [0.1, 0.15) is 48.3 Å². The summed E-state index contributed by atoms with van der Waals surface area (Å²) in [5.41, 5.74) is -2.47. The zero-order valence-electron chi connectivity index (χ0n) is 27.5. The van der Waals surface area contributed by atoms with Crippen LogP contribution in [0.4, 0.5) is 0 Å². The Morgan fingerprint density at radius 2 is 1.34 bits per heavy atom. The molecular weight excluding hydrogens is 786 g/mol. The van der Waals surface area contributed by atoms with Gasteiger partial charge < -0.3 is 72.6 Å². The van der Waals surface area contributed by atoms with Gasteiger partial charge in [-0.15, -0.1) is 5.75 Å². The van der Waals surface area contributed by atoms with Crippen molar-refractivity contribution in [2.45, 2.75) is 68.3 Å². The number of hydrogen-bond donors (Lipinski definition) is 8. The Morgan fingerprint density at radius 3 is 1.96 bits per heavy atom. The van der Waals surface area contributed by atoms with Crippen LogP contribution in [-0.4, -0.2) is 125 Å². The average Bonchev–Trinajstić information content (AvgIpc) is 3.02. The minimum Gasteiger partial charge on any atom is -0.872 e. The van der Waals surface area contributed by atoms with Gasteiger partial charge in [0.15, 0.2) is 23.5 Å². The predicted molar refractivity (Wildman–Crippen MR) is 157 cm³/mol. The molecule has 5 rings (SSSR count). The van der Waals surface area contributed by atoms with Crippen LogP contribution in [0.2, 0.25) is 0 Å². The molecule has 3 aromatic rings. The summed E-state index contributed by atoms with van der Waals surface area (Å²) < 4.78 is 99.9. The minimum absolute atomic E-state index is 0. The van der Waals surface area contributed by atoms with Gasteiger partial charge in [0.2, 0.25) is 17.5 Å². The van der Waals surface area contributed by atoms with E-state index in [1.807, 2.05) is 0 Å². The number of fused-ring (bicyclic) bond motifs is 1. The fourth-order valence-corrected chi connectivity index (χ4v) is 5.88. The number of aliphatic hydroxyl groups is 6. The molecule has 8 N–H and O–H groups in total. The van der Waals surface area contributed by atoms with Crippen molar-refractivity contribution >= 4 is 31.8 Å². The number of aliphatic hydroxyl groups excluding tert-OH is 6. The molecule has 0 spiro atoms. The van der Waals surface area contributed by atoms with Crippen molar-refractivity contribution in [1.29, 1.82) is 0 Å². The summed E-state index contributed by atoms with van der Waals surface area (Å²) in [6, 6.07) is 3.34. The first-order valence-corrected chi connectivity index (χ1v) is 17.0. The Bertz CT molecular complexity index is 2060. The number of hydrogen-bond acceptors (Lipinski definition) is 20. The van der Waals surface area contributed by atoms with E-state index in [-0.39, 0.29) is 59.1 Å². The quantitative estimate of drug-likeness (QED) is 0.0696. The van der Waals surface area contributed by atoms with Gasteiger partial charge >= 0.3 is 79.9 Å². The van der Waals surface area contributed by atoms with Crippen LogP contribution >= 0.6 is 0 Å². The molecule has 2 aromatic carbocycles. The molecule has 2 aliphatic heterocycles. The van der Waals surface area contributed by atoms with Crippen LogP contribution in [-0.2, 0) is 35.0 Å². The third-order valence-electron chi connectivity index (χ3n) is 7.62. The summed E-state index contributed by atoms with van der Waals surface area (Å²) in [7, 11) is -10.7. The van der Waals surface area contributed by atoms with Crippen molar-refractivity contribution in [3.05, 3.63) is 40.6 Å². The first-order valence-electron chi connectivity index (χ1n) is 14.3. The van der Waals surface area contributed by atoms with E-state index >= 15 is 0 Å². The Balaban J connectivity index is 0.00000378. The number of benzene rings is 2. The molecule has 26 heteroatoms. The molecule has 2 fully saturated rings. The third-order valence-corrected chi connectivity index (χ3v) is 8.40. The summed E-state index contributed by atoms with van der Waals surface area (Å²) >= 11 is 0. The van der Waals surface area contributed by atoms with Crippen LogP contribution in [0.15, 0.2) is 39.5 Å². The van der Waals surface area contributed by atoms with Crippen molar-refractivity contribution in [1.82, 2.24) is 0 Å². The van der Waals surface area contributed by atoms with Gasteiger partial charge in [0.05, 0.1) is 18.1 Å². The van der Waals surface area contributed by atoms with Crippen LogP contribution in [0.5, 0.6) is 28.7 Å². The van der Waals surface area contributed by atoms with Crippen LogP contribution in [0, 0.1) is 0 Å². The molecule has 53 heavy (non-hydrogen) atoms. The standard InChI is InChI=1S/C27H30O22S2.2Na/c1-8-17(30)20(33)22(35)26(44-8)43-7-15-18(31)21(34)23(36)27(46-15)47-25-19(32)16-11(29)5-10(28)6-14(16)45-24(25)9-2-3-12(48-50(37,38)39)13(4-9)49-51(40,41)42;;/h2-6,8,15,17-18,20-23,26-31,33-36H,7H2,1H3,(H,37,38,39)(H,40,41,42);;/q;2*+1/p-2/t8-,15+,17-,18+,20+,21-,22+,23+,26+,27-;;/m0../s1. The van der Waals surface area contributed by atoms with E-state index in [2.05, 4.69) is 8.37 Å². The molecule has 2 aliphatic rings. The predicted octanol–water partition coefficient (Wildman–Crippen LogP) is -9.99. The molecular formula is C27H28Na2O22S2. The molecule has 0 saturated carbocycles. The molecule has 0 radical (unpaired) electrons. The van der Waals surface area contributed by atoms with Crippen molar-refractivity contribution in [2.24, 2.45) is 0 Å². The molecule has 3 heterocycles. The van der Waals surface area contributed by atoms with Gasteiger partial charge in [0.25, 0.3) is 0 Å². The van der Waals surface area contributed by atoms with Gasteiger partial charge in [-0.2, -0.15) is 16.8 Å². The first-order chi connectivity index (χ1) is 23.6. The zero-order valence-corrected chi connectivity index (χ0v) is 33.1. The SMILES string of the molecule is C[C@@H]1O[C@@H](OC[C@H]2O[C@@H](Oc3c(-c4ccc(OS(=O)(=O)O)c(OS(=O)(=O)O)c4)oc4cc([O-])cc([O-])c4c3=O)[C@H](O)[C@@H](O)[C@@H]2O)[C@H](O)[C@H](O)[C@H]1O.[Na+].[Na+]. The van der Waals surface area contributed by atoms with Crippen LogP contribution < -0.4 is 87.9 Å². The molecule has 10 atom stereocenters. The molecule has 0 unspecified atom stereocenters. The summed E-state index contributed by atoms with van der Waals surface area (Å²) in [6.07, 6.45) is -17.6. The van der Waals surface area contributed by atoms with Crippen molar-refractivity contribution in [2.75, 3.05) is 6.61 Å². The summed E-state index contributed by atoms with van der Waals surface area (Å²) in [4.78, 5) is 13.7. The van der Waals surface area contributed by atoms with Gasteiger partial charge in [-0.3, -0.25) is 13.9 Å². The number of ether oxygens (including phenoxy) is 4. The van der Waals surface area contributed by atoms with E-state index < -0.39 is 145 Å². The average molecular weight is 815 g/mol. The molecule has 22 nitrogen and oxygen atoms in total. The zero-order chi connectivity index (χ0) is 37.7. The second kappa shape index (κ2) is 17.5. The topological polar surface area (TPSA) is 362 Å². The fourth-order valence-electron chi connectivity index (χ4n) is 5.16. The van der Waals surface area contributed by atoms with Gasteiger partial charge in [0, 0.05) is 5.56 Å². The van der Waals surface area contributed by atoms with Gasteiger partial charge in [-0.25, -0.2) is 0 Å².